The van der Waals surface area contributed by atoms with Crippen LogP contribution in [0.2, 0.25) is 5.04 Å². The molecule has 5 heteroatoms. The minimum Gasteiger partial charge on any atom is -0.404 e. The number of aliphatic hydroxyl groups excluding tert-OH is 1. The zero-order chi connectivity index (χ0) is 20.6. The van der Waals surface area contributed by atoms with Crippen molar-refractivity contribution in [3.05, 3.63) is 60.7 Å². The van der Waals surface area contributed by atoms with Crippen LogP contribution in [0, 0.1) is 5.92 Å². The monoisotopic (exact) mass is 412 g/mol. The predicted octanol–water partition coefficient (Wildman–Crippen LogP) is 3.07. The fourth-order valence-corrected chi connectivity index (χ4v) is 9.92. The van der Waals surface area contributed by atoms with Crippen molar-refractivity contribution in [3.63, 3.8) is 0 Å². The standard InChI is InChI=1S/C24H32O4Si/c1-24(2,3)29(17-11-7-5-8-12-17,18-13-9-6-10-14-18)28-21-16-20(25)23-19(21)15-22(26-4)27-23/h5-14,19-23,25H,15-16H2,1-4H3/t19-,20?,21+,22?,23-/m0/s1. The summed E-state index contributed by atoms with van der Waals surface area (Å²) >= 11 is 0. The Kier molecular flexibility index (Phi) is 5.70. The zero-order valence-corrected chi connectivity index (χ0v) is 18.7. The van der Waals surface area contributed by atoms with Crippen LogP contribution in [0.1, 0.15) is 33.6 Å². The molecule has 0 amide bonds. The molecule has 2 fully saturated rings. The van der Waals surface area contributed by atoms with Crippen LogP contribution in [0.3, 0.4) is 0 Å². The maximum Gasteiger partial charge on any atom is 0.261 e. The van der Waals surface area contributed by atoms with Crippen LogP contribution >= 0.6 is 0 Å². The number of methoxy groups -OCH3 is 1. The number of aliphatic hydroxyl groups is 1. The highest BCUT2D eigenvalue weighted by Gasteiger charge is 2.57. The maximum atomic E-state index is 10.7. The number of rotatable bonds is 5. The van der Waals surface area contributed by atoms with Crippen molar-refractivity contribution in [2.75, 3.05) is 7.11 Å². The molecule has 1 saturated carbocycles. The van der Waals surface area contributed by atoms with Crippen LogP contribution in [0.4, 0.5) is 0 Å². The Morgan fingerprint density at radius 3 is 1.97 bits per heavy atom. The van der Waals surface area contributed by atoms with E-state index in [2.05, 4.69) is 81.4 Å². The van der Waals surface area contributed by atoms with Crippen molar-refractivity contribution in [3.8, 4) is 0 Å². The highest BCUT2D eigenvalue weighted by molar-refractivity contribution is 6.99. The maximum absolute atomic E-state index is 10.7. The van der Waals surface area contributed by atoms with Gasteiger partial charge in [-0.15, -0.1) is 0 Å². The van der Waals surface area contributed by atoms with E-state index in [-0.39, 0.29) is 29.5 Å². The van der Waals surface area contributed by atoms with Gasteiger partial charge >= 0.3 is 0 Å². The van der Waals surface area contributed by atoms with Gasteiger partial charge in [0.25, 0.3) is 8.32 Å². The lowest BCUT2D eigenvalue weighted by molar-refractivity contribution is -0.136. The first kappa shape index (κ1) is 20.8. The first-order valence-electron chi connectivity index (χ1n) is 10.5. The molecule has 29 heavy (non-hydrogen) atoms. The van der Waals surface area contributed by atoms with E-state index in [0.717, 1.165) is 6.42 Å². The van der Waals surface area contributed by atoms with Crippen LogP contribution < -0.4 is 10.4 Å². The molecule has 1 aliphatic heterocycles. The third kappa shape index (κ3) is 3.60. The molecular formula is C24H32O4Si. The molecule has 0 bridgehead atoms. The molecule has 4 rings (SSSR count). The lowest BCUT2D eigenvalue weighted by atomic mass is 10.0. The zero-order valence-electron chi connectivity index (χ0n) is 17.7. The number of ether oxygens (including phenoxy) is 2. The second-order valence-corrected chi connectivity index (χ2v) is 13.5. The molecule has 2 aromatic carbocycles. The van der Waals surface area contributed by atoms with Gasteiger partial charge < -0.3 is 19.0 Å². The Morgan fingerprint density at radius 2 is 1.48 bits per heavy atom. The van der Waals surface area contributed by atoms with Gasteiger partial charge in [0, 0.05) is 25.9 Å². The molecule has 0 radical (unpaired) electrons. The van der Waals surface area contributed by atoms with Crippen molar-refractivity contribution < 1.29 is 19.0 Å². The van der Waals surface area contributed by atoms with Gasteiger partial charge in [-0.3, -0.25) is 0 Å². The Hall–Kier alpha value is -1.50. The van der Waals surface area contributed by atoms with E-state index >= 15 is 0 Å². The van der Waals surface area contributed by atoms with Gasteiger partial charge in [-0.05, 0) is 15.4 Å². The molecule has 1 heterocycles. The summed E-state index contributed by atoms with van der Waals surface area (Å²) in [5, 5.41) is 13.1. The van der Waals surface area contributed by atoms with E-state index in [1.54, 1.807) is 7.11 Å². The van der Waals surface area contributed by atoms with Crippen LogP contribution in [0.25, 0.3) is 0 Å². The van der Waals surface area contributed by atoms with Gasteiger partial charge in [-0.25, -0.2) is 0 Å². The van der Waals surface area contributed by atoms with Crippen molar-refractivity contribution in [1.29, 1.82) is 0 Å². The summed E-state index contributed by atoms with van der Waals surface area (Å²) in [6.07, 6.45) is 0.343. The normalized spacial score (nSPS) is 29.8. The number of hydrogen-bond acceptors (Lipinski definition) is 4. The van der Waals surface area contributed by atoms with Gasteiger partial charge in [-0.1, -0.05) is 81.4 Å². The van der Waals surface area contributed by atoms with E-state index in [0.29, 0.717) is 6.42 Å². The second-order valence-electron chi connectivity index (χ2n) is 9.29. The molecule has 0 spiro atoms. The molecule has 156 valence electrons. The fraction of sp³-hybridized carbons (Fsp3) is 0.500. The highest BCUT2D eigenvalue weighted by Crippen LogP contribution is 2.45. The predicted molar refractivity (Wildman–Crippen MR) is 117 cm³/mol. The molecular weight excluding hydrogens is 380 g/mol. The van der Waals surface area contributed by atoms with Crippen LogP contribution in [-0.4, -0.2) is 45.1 Å². The third-order valence-electron chi connectivity index (χ3n) is 6.53. The van der Waals surface area contributed by atoms with Gasteiger partial charge in [0.2, 0.25) is 0 Å². The summed E-state index contributed by atoms with van der Waals surface area (Å²) in [6, 6.07) is 21.3. The average molecular weight is 413 g/mol. The Labute approximate surface area is 174 Å². The molecule has 0 aromatic heterocycles. The van der Waals surface area contributed by atoms with E-state index in [4.69, 9.17) is 13.9 Å². The smallest absolute Gasteiger partial charge is 0.261 e. The molecule has 5 atom stereocenters. The third-order valence-corrected chi connectivity index (χ3v) is 11.6. The molecule has 1 N–H and O–H groups in total. The lowest BCUT2D eigenvalue weighted by Crippen LogP contribution is -2.68. The molecule has 2 unspecified atom stereocenters. The lowest BCUT2D eigenvalue weighted by Gasteiger charge is -2.45. The Bertz CT molecular complexity index is 765. The Morgan fingerprint density at radius 1 is 0.931 bits per heavy atom. The number of fused-ring (bicyclic) bond motifs is 1. The van der Waals surface area contributed by atoms with Crippen molar-refractivity contribution >= 4 is 18.7 Å². The first-order valence-corrected chi connectivity index (χ1v) is 12.4. The molecule has 4 nitrogen and oxygen atoms in total. The van der Waals surface area contributed by atoms with E-state index in [1.807, 2.05) is 0 Å². The topological polar surface area (TPSA) is 47.9 Å². The van der Waals surface area contributed by atoms with Gasteiger partial charge in [0.05, 0.1) is 18.3 Å². The first-order chi connectivity index (χ1) is 13.9. The van der Waals surface area contributed by atoms with E-state index in [1.165, 1.54) is 10.4 Å². The Balaban J connectivity index is 1.79. The summed E-state index contributed by atoms with van der Waals surface area (Å²) in [7, 11) is -0.981. The summed E-state index contributed by atoms with van der Waals surface area (Å²) in [6.45, 7) is 6.85. The molecule has 1 aliphatic carbocycles. The van der Waals surface area contributed by atoms with Gasteiger partial charge in [-0.2, -0.15) is 0 Å². The SMILES string of the molecule is COC1C[C@@H]2[C@H](O1)C(O)C[C@H]2O[Si](c1ccccc1)(c1ccccc1)C(C)(C)C. The van der Waals surface area contributed by atoms with Crippen molar-refractivity contribution in [2.24, 2.45) is 5.92 Å². The van der Waals surface area contributed by atoms with Crippen LogP contribution in [0.15, 0.2) is 60.7 Å². The van der Waals surface area contributed by atoms with Crippen molar-refractivity contribution in [2.45, 2.75) is 63.3 Å². The molecule has 2 aromatic rings. The van der Waals surface area contributed by atoms with E-state index in [9.17, 15) is 5.11 Å². The summed E-state index contributed by atoms with van der Waals surface area (Å²) in [5.74, 6) is 0.150. The minimum atomic E-state index is -2.64. The molecule has 2 aliphatic rings. The van der Waals surface area contributed by atoms with Crippen molar-refractivity contribution in [1.82, 2.24) is 0 Å². The second kappa shape index (κ2) is 7.97. The van der Waals surface area contributed by atoms with E-state index < -0.39 is 14.4 Å². The van der Waals surface area contributed by atoms with Gasteiger partial charge in [0.1, 0.15) is 0 Å². The summed E-state index contributed by atoms with van der Waals surface area (Å²) < 4.78 is 18.6. The largest absolute Gasteiger partial charge is 0.404 e. The number of hydrogen-bond donors (Lipinski definition) is 1. The van der Waals surface area contributed by atoms with Gasteiger partial charge in [0.15, 0.2) is 6.29 Å². The number of benzene rings is 2. The quantitative estimate of drug-likeness (QED) is 0.767. The average Bonchev–Trinajstić information content (AvgIpc) is 3.27. The summed E-state index contributed by atoms with van der Waals surface area (Å²) in [4.78, 5) is 0. The van der Waals surface area contributed by atoms with Crippen LogP contribution in [-0.2, 0) is 13.9 Å². The summed E-state index contributed by atoms with van der Waals surface area (Å²) in [5.41, 5.74) is 0. The highest BCUT2D eigenvalue weighted by atomic mass is 28.4. The van der Waals surface area contributed by atoms with Crippen LogP contribution in [0.5, 0.6) is 0 Å². The minimum absolute atomic E-state index is 0.0542. The fourth-order valence-electron chi connectivity index (χ4n) is 5.18. The molecule has 1 saturated heterocycles.